The Labute approximate surface area is 218 Å². The van der Waals surface area contributed by atoms with Crippen molar-refractivity contribution < 1.29 is 18.6 Å². The Balaban J connectivity index is 1.37. The van der Waals surface area contributed by atoms with Crippen LogP contribution in [-0.4, -0.2) is 47.6 Å². The second kappa shape index (κ2) is 10.9. The zero-order valence-electron chi connectivity index (χ0n) is 20.5. The number of nitrogens with zero attached hydrogens (tertiary/aromatic N) is 3. The molecule has 4 heterocycles. The summed E-state index contributed by atoms with van der Waals surface area (Å²) in [6.45, 7) is 0.363. The lowest BCUT2D eigenvalue weighted by Gasteiger charge is -2.14. The van der Waals surface area contributed by atoms with E-state index in [1.807, 2.05) is 36.4 Å². The third-order valence-electron chi connectivity index (χ3n) is 5.84. The summed E-state index contributed by atoms with van der Waals surface area (Å²) in [4.78, 5) is 13.5. The SMILES string of the molecule is COc1cc2ncc3c(N)nc(-c4cncc(OC[C@@H](N)CSCc5ccco5)c4)cc3c2cc1OC. The van der Waals surface area contributed by atoms with Gasteiger partial charge in [-0.25, -0.2) is 4.98 Å². The molecule has 0 saturated carbocycles. The summed E-state index contributed by atoms with van der Waals surface area (Å²) in [6, 6.07) is 11.3. The molecule has 190 valence electrons. The summed E-state index contributed by atoms with van der Waals surface area (Å²) in [7, 11) is 3.20. The lowest BCUT2D eigenvalue weighted by Crippen LogP contribution is -2.30. The van der Waals surface area contributed by atoms with Crippen molar-refractivity contribution in [3.8, 4) is 28.5 Å². The maximum absolute atomic E-state index is 6.35. The first-order valence-electron chi connectivity index (χ1n) is 11.6. The molecule has 0 spiro atoms. The molecule has 0 fully saturated rings. The number of thioether (sulfide) groups is 1. The first kappa shape index (κ1) is 24.7. The molecule has 0 amide bonds. The topological polar surface area (TPSA) is 132 Å². The summed E-state index contributed by atoms with van der Waals surface area (Å²) < 4.78 is 22.2. The number of methoxy groups -OCH3 is 2. The molecule has 0 bridgehead atoms. The fourth-order valence-corrected chi connectivity index (χ4v) is 4.88. The summed E-state index contributed by atoms with van der Waals surface area (Å²) in [5, 5.41) is 2.53. The fourth-order valence-electron chi connectivity index (χ4n) is 4.00. The molecule has 37 heavy (non-hydrogen) atoms. The van der Waals surface area contributed by atoms with Crippen LogP contribution in [0.25, 0.3) is 32.9 Å². The average molecular weight is 518 g/mol. The van der Waals surface area contributed by atoms with Crippen molar-refractivity contribution in [1.29, 1.82) is 0 Å². The average Bonchev–Trinajstić information content (AvgIpc) is 3.44. The van der Waals surface area contributed by atoms with E-state index in [1.165, 1.54) is 0 Å². The van der Waals surface area contributed by atoms with Gasteiger partial charge < -0.3 is 30.1 Å². The number of benzene rings is 1. The predicted octanol–water partition coefficient (Wildman–Crippen LogP) is 4.68. The number of ether oxygens (including phenoxy) is 3. The van der Waals surface area contributed by atoms with Crippen molar-refractivity contribution in [1.82, 2.24) is 15.0 Å². The van der Waals surface area contributed by atoms with E-state index < -0.39 is 0 Å². The van der Waals surface area contributed by atoms with Gasteiger partial charge in [-0.05, 0) is 35.7 Å². The highest BCUT2D eigenvalue weighted by Crippen LogP contribution is 2.37. The molecule has 5 rings (SSSR count). The molecule has 0 aliphatic carbocycles. The van der Waals surface area contributed by atoms with Gasteiger partial charge in [0.1, 0.15) is 23.9 Å². The Bertz CT molecular complexity index is 1530. The van der Waals surface area contributed by atoms with Crippen LogP contribution in [0.5, 0.6) is 17.2 Å². The predicted molar refractivity (Wildman–Crippen MR) is 146 cm³/mol. The minimum atomic E-state index is -0.135. The van der Waals surface area contributed by atoms with Crippen molar-refractivity contribution in [2.75, 3.05) is 32.3 Å². The van der Waals surface area contributed by atoms with Crippen LogP contribution in [0.4, 0.5) is 5.82 Å². The largest absolute Gasteiger partial charge is 0.493 e. The lowest BCUT2D eigenvalue weighted by molar-refractivity contribution is 0.297. The lowest BCUT2D eigenvalue weighted by atomic mass is 10.0. The summed E-state index contributed by atoms with van der Waals surface area (Å²) in [5.74, 6) is 4.64. The Kier molecular flexibility index (Phi) is 7.29. The van der Waals surface area contributed by atoms with Crippen molar-refractivity contribution in [2.45, 2.75) is 11.8 Å². The van der Waals surface area contributed by atoms with E-state index >= 15 is 0 Å². The van der Waals surface area contributed by atoms with E-state index in [-0.39, 0.29) is 6.04 Å². The van der Waals surface area contributed by atoms with E-state index in [1.54, 1.807) is 50.8 Å². The van der Waals surface area contributed by atoms with Gasteiger partial charge in [0.25, 0.3) is 0 Å². The van der Waals surface area contributed by atoms with Crippen molar-refractivity contribution >= 4 is 39.3 Å². The van der Waals surface area contributed by atoms with Gasteiger partial charge in [0.05, 0.1) is 43.6 Å². The van der Waals surface area contributed by atoms with Crippen molar-refractivity contribution in [2.24, 2.45) is 5.73 Å². The smallest absolute Gasteiger partial charge is 0.162 e. The van der Waals surface area contributed by atoms with Gasteiger partial charge in [0.15, 0.2) is 11.5 Å². The number of hydrogen-bond acceptors (Lipinski definition) is 10. The molecule has 5 aromatic rings. The third-order valence-corrected chi connectivity index (χ3v) is 6.99. The molecule has 4 aromatic heterocycles. The van der Waals surface area contributed by atoms with Gasteiger partial charge in [-0.15, -0.1) is 0 Å². The van der Waals surface area contributed by atoms with Crippen LogP contribution in [0, 0.1) is 0 Å². The molecule has 0 aliphatic rings. The summed E-state index contributed by atoms with van der Waals surface area (Å²) >= 11 is 1.70. The van der Waals surface area contributed by atoms with Crippen LogP contribution in [0.2, 0.25) is 0 Å². The number of pyridine rings is 3. The van der Waals surface area contributed by atoms with Gasteiger partial charge in [0, 0.05) is 46.6 Å². The molecule has 4 N–H and O–H groups in total. The molecule has 10 heteroatoms. The minimum Gasteiger partial charge on any atom is -0.493 e. The highest BCUT2D eigenvalue weighted by atomic mass is 32.2. The van der Waals surface area contributed by atoms with Gasteiger partial charge in [-0.2, -0.15) is 11.8 Å². The van der Waals surface area contributed by atoms with Crippen LogP contribution < -0.4 is 25.7 Å². The maximum Gasteiger partial charge on any atom is 0.162 e. The second-order valence-electron chi connectivity index (χ2n) is 8.41. The van der Waals surface area contributed by atoms with E-state index in [4.69, 9.17) is 30.1 Å². The number of fused-ring (bicyclic) bond motifs is 3. The number of hydrogen-bond donors (Lipinski definition) is 2. The molecule has 0 saturated heterocycles. The van der Waals surface area contributed by atoms with Crippen LogP contribution in [0.3, 0.4) is 0 Å². The number of nitrogen functional groups attached to an aromatic ring is 1. The number of rotatable bonds is 10. The third kappa shape index (κ3) is 5.40. The molecule has 0 aliphatic heterocycles. The molecule has 0 radical (unpaired) electrons. The quantitative estimate of drug-likeness (QED) is 0.252. The summed E-state index contributed by atoms with van der Waals surface area (Å²) in [5.41, 5.74) is 14.8. The number of nitrogens with two attached hydrogens (primary N) is 2. The fraction of sp³-hybridized carbons (Fsp3) is 0.222. The first-order chi connectivity index (χ1) is 18.1. The Morgan fingerprint density at radius 2 is 1.84 bits per heavy atom. The Morgan fingerprint density at radius 3 is 2.62 bits per heavy atom. The highest BCUT2D eigenvalue weighted by molar-refractivity contribution is 7.98. The molecule has 0 unspecified atom stereocenters. The van der Waals surface area contributed by atoms with Crippen LogP contribution >= 0.6 is 11.8 Å². The second-order valence-corrected chi connectivity index (χ2v) is 9.44. The minimum absolute atomic E-state index is 0.135. The highest BCUT2D eigenvalue weighted by Gasteiger charge is 2.14. The molecular weight excluding hydrogens is 490 g/mol. The van der Waals surface area contributed by atoms with E-state index in [2.05, 4.69) is 15.0 Å². The molecule has 9 nitrogen and oxygen atoms in total. The Hall–Kier alpha value is -4.02. The number of anilines is 1. The van der Waals surface area contributed by atoms with Gasteiger partial charge in [-0.3, -0.25) is 9.97 Å². The zero-order chi connectivity index (χ0) is 25.8. The van der Waals surface area contributed by atoms with Crippen molar-refractivity contribution in [3.05, 3.63) is 67.0 Å². The first-order valence-corrected chi connectivity index (χ1v) is 12.8. The number of aromatic nitrogens is 3. The number of furan rings is 1. The molecule has 1 aromatic carbocycles. The van der Waals surface area contributed by atoms with E-state index in [9.17, 15) is 0 Å². The van der Waals surface area contributed by atoms with Gasteiger partial charge in [-0.1, -0.05) is 0 Å². The van der Waals surface area contributed by atoms with Crippen LogP contribution in [0.1, 0.15) is 5.76 Å². The maximum atomic E-state index is 6.35. The van der Waals surface area contributed by atoms with E-state index in [0.717, 1.165) is 44.5 Å². The monoisotopic (exact) mass is 517 g/mol. The zero-order valence-corrected chi connectivity index (χ0v) is 21.3. The Morgan fingerprint density at radius 1 is 1.00 bits per heavy atom. The van der Waals surface area contributed by atoms with Crippen LogP contribution in [-0.2, 0) is 5.75 Å². The standard InChI is InChI=1S/C27H27N5O4S/c1-33-25-8-21-20-7-23(32-27(29)22(20)12-31-24(21)9-26(25)34-2)16-6-19(11-30-10-16)36-13-17(28)14-37-15-18-4-3-5-35-18/h3-12,17H,13-15,28H2,1-2H3,(H2,29,32)/t17-/m1/s1. The van der Waals surface area contributed by atoms with E-state index in [0.29, 0.717) is 35.4 Å². The van der Waals surface area contributed by atoms with Crippen molar-refractivity contribution in [3.63, 3.8) is 0 Å². The summed E-state index contributed by atoms with van der Waals surface area (Å²) in [6.07, 6.45) is 6.78. The van der Waals surface area contributed by atoms with Crippen LogP contribution in [0.15, 0.2) is 65.7 Å². The molecule has 1 atom stereocenters. The normalized spacial score (nSPS) is 12.1. The van der Waals surface area contributed by atoms with Gasteiger partial charge >= 0.3 is 0 Å². The van der Waals surface area contributed by atoms with Gasteiger partial charge in [0.2, 0.25) is 0 Å². The molecular formula is C27H27N5O4S.